The molecule has 0 spiro atoms. The van der Waals surface area contributed by atoms with Gasteiger partial charge in [-0.3, -0.25) is 9.59 Å². The van der Waals surface area contributed by atoms with E-state index < -0.39 is 27.3 Å². The Hall–Kier alpha value is -2.13. The lowest BCUT2D eigenvalue weighted by atomic mass is 9.85. The molecule has 3 N–H and O–H groups in total. The van der Waals surface area contributed by atoms with Gasteiger partial charge in [-0.05, 0) is 31.0 Å². The number of rotatable bonds is 7. The van der Waals surface area contributed by atoms with Crippen LogP contribution in [-0.2, 0) is 19.6 Å². The van der Waals surface area contributed by atoms with E-state index in [9.17, 15) is 28.2 Å². The molecule has 9 heteroatoms. The summed E-state index contributed by atoms with van der Waals surface area (Å²) in [6, 6.07) is 3.58. The first-order valence-corrected chi connectivity index (χ1v) is 10.0. The van der Waals surface area contributed by atoms with Gasteiger partial charge in [0.2, 0.25) is 15.9 Å². The molecule has 0 radical (unpaired) electrons. The highest BCUT2D eigenvalue weighted by atomic mass is 32.2. The number of phenolic OH excluding ortho intramolecular Hbond substituents is 1. The van der Waals surface area contributed by atoms with Gasteiger partial charge in [0.25, 0.3) is 0 Å². The fourth-order valence-corrected chi connectivity index (χ4v) is 4.73. The monoisotopic (exact) mass is 384 g/mol. The second-order valence-corrected chi connectivity index (χ2v) is 8.25. The van der Waals surface area contributed by atoms with Crippen molar-refractivity contribution in [1.29, 1.82) is 0 Å². The highest BCUT2D eigenvalue weighted by molar-refractivity contribution is 7.89. The summed E-state index contributed by atoms with van der Waals surface area (Å²) in [5, 5.41) is 21.9. The fourth-order valence-electron chi connectivity index (χ4n) is 3.25. The molecule has 0 bridgehead atoms. The molecular weight excluding hydrogens is 360 g/mol. The molecule has 144 valence electrons. The third kappa shape index (κ3) is 3.54. The normalized spacial score (nSPS) is 16.6. The SMILES string of the molecule is CCN(CC)S(=O)(=O)c1ccc(O)c(NC(=O)C2(C(=O)O)CCCC2)c1. The number of carbonyl (C=O) groups excluding carboxylic acids is 1. The molecule has 1 aromatic carbocycles. The minimum absolute atomic E-state index is 0.0786. The number of nitrogens with zero attached hydrogens (tertiary/aromatic N) is 1. The van der Waals surface area contributed by atoms with Gasteiger partial charge in [0.1, 0.15) is 11.2 Å². The lowest BCUT2D eigenvalue weighted by Crippen LogP contribution is -2.40. The van der Waals surface area contributed by atoms with Crippen molar-refractivity contribution < 1.29 is 28.2 Å². The van der Waals surface area contributed by atoms with Gasteiger partial charge in [0, 0.05) is 13.1 Å². The number of nitrogens with one attached hydrogen (secondary N) is 1. The van der Waals surface area contributed by atoms with Crippen molar-refractivity contribution in [3.8, 4) is 5.75 Å². The lowest BCUT2D eigenvalue weighted by molar-refractivity contribution is -0.153. The summed E-state index contributed by atoms with van der Waals surface area (Å²) in [6.45, 7) is 3.98. The van der Waals surface area contributed by atoms with Gasteiger partial charge in [-0.25, -0.2) is 8.42 Å². The van der Waals surface area contributed by atoms with Gasteiger partial charge in [-0.15, -0.1) is 0 Å². The summed E-state index contributed by atoms with van der Waals surface area (Å²) in [5.41, 5.74) is -1.66. The van der Waals surface area contributed by atoms with E-state index in [1.807, 2.05) is 0 Å². The van der Waals surface area contributed by atoms with Crippen LogP contribution in [-0.4, -0.2) is 47.9 Å². The number of aliphatic carboxylic acids is 1. The Balaban J connectivity index is 2.36. The predicted molar refractivity (Wildman–Crippen MR) is 95.4 cm³/mol. The Labute approximate surface area is 152 Å². The zero-order valence-electron chi connectivity index (χ0n) is 14.9. The largest absolute Gasteiger partial charge is 0.506 e. The first-order valence-electron chi connectivity index (χ1n) is 8.57. The standard InChI is InChI=1S/C17H24N2O6S/c1-3-19(4-2)26(24,25)12-7-8-14(20)13(11-12)18-15(21)17(16(22)23)9-5-6-10-17/h7-8,11,20H,3-6,9-10H2,1-2H3,(H,18,21)(H,22,23). The first kappa shape index (κ1) is 20.2. The second-order valence-electron chi connectivity index (χ2n) is 6.32. The molecule has 1 amide bonds. The highest BCUT2D eigenvalue weighted by Crippen LogP contribution is 2.40. The van der Waals surface area contributed by atoms with E-state index >= 15 is 0 Å². The third-order valence-electron chi connectivity index (χ3n) is 4.86. The molecule has 1 fully saturated rings. The van der Waals surface area contributed by atoms with Crippen LogP contribution in [0.4, 0.5) is 5.69 Å². The number of sulfonamides is 1. The van der Waals surface area contributed by atoms with Crippen LogP contribution in [0.5, 0.6) is 5.75 Å². The Morgan fingerprint density at radius 2 is 1.77 bits per heavy atom. The number of benzene rings is 1. The van der Waals surface area contributed by atoms with Crippen LogP contribution >= 0.6 is 0 Å². The molecule has 2 rings (SSSR count). The van der Waals surface area contributed by atoms with Crippen LogP contribution in [0.3, 0.4) is 0 Å². The number of amides is 1. The maximum absolute atomic E-state index is 12.6. The quantitative estimate of drug-likeness (QED) is 0.488. The molecule has 0 atom stereocenters. The van der Waals surface area contributed by atoms with E-state index in [1.54, 1.807) is 13.8 Å². The van der Waals surface area contributed by atoms with Crippen LogP contribution in [0.1, 0.15) is 39.5 Å². The molecule has 1 saturated carbocycles. The van der Waals surface area contributed by atoms with Crippen LogP contribution in [0.15, 0.2) is 23.1 Å². The molecule has 0 aromatic heterocycles. The molecular formula is C17H24N2O6S. The van der Waals surface area contributed by atoms with E-state index in [0.29, 0.717) is 12.8 Å². The fraction of sp³-hybridized carbons (Fsp3) is 0.529. The first-order chi connectivity index (χ1) is 12.2. The summed E-state index contributed by atoms with van der Waals surface area (Å²) in [6.07, 6.45) is 1.68. The zero-order chi connectivity index (χ0) is 19.5. The number of aromatic hydroxyl groups is 1. The van der Waals surface area contributed by atoms with E-state index in [2.05, 4.69) is 5.32 Å². The van der Waals surface area contributed by atoms with Crippen LogP contribution in [0.2, 0.25) is 0 Å². The molecule has 0 heterocycles. The number of carbonyl (C=O) groups is 2. The van der Waals surface area contributed by atoms with Crippen molar-refractivity contribution in [1.82, 2.24) is 4.31 Å². The summed E-state index contributed by atoms with van der Waals surface area (Å²) in [4.78, 5) is 24.1. The summed E-state index contributed by atoms with van der Waals surface area (Å²) in [5.74, 6) is -2.27. The summed E-state index contributed by atoms with van der Waals surface area (Å²) >= 11 is 0. The van der Waals surface area contributed by atoms with Crippen molar-refractivity contribution in [2.45, 2.75) is 44.4 Å². The number of hydrogen-bond donors (Lipinski definition) is 3. The average Bonchev–Trinajstić information content (AvgIpc) is 3.08. The zero-order valence-corrected chi connectivity index (χ0v) is 15.7. The molecule has 26 heavy (non-hydrogen) atoms. The third-order valence-corrected chi connectivity index (χ3v) is 6.91. The predicted octanol–water partition coefficient (Wildman–Crippen LogP) is 2.01. The van der Waals surface area contributed by atoms with Crippen molar-refractivity contribution in [2.75, 3.05) is 18.4 Å². The number of hydrogen-bond acceptors (Lipinski definition) is 5. The Morgan fingerprint density at radius 3 is 2.27 bits per heavy atom. The van der Waals surface area contributed by atoms with Gasteiger partial charge < -0.3 is 15.5 Å². The summed E-state index contributed by atoms with van der Waals surface area (Å²) in [7, 11) is -3.77. The lowest BCUT2D eigenvalue weighted by Gasteiger charge is -2.23. The average molecular weight is 384 g/mol. The van der Waals surface area contributed by atoms with Crippen LogP contribution in [0, 0.1) is 5.41 Å². The van der Waals surface area contributed by atoms with Gasteiger partial charge >= 0.3 is 5.97 Å². The Bertz CT molecular complexity index is 795. The van der Waals surface area contributed by atoms with Gasteiger partial charge in [0.05, 0.1) is 10.6 Å². The van der Waals surface area contributed by atoms with Crippen molar-refractivity contribution >= 4 is 27.6 Å². The maximum Gasteiger partial charge on any atom is 0.319 e. The van der Waals surface area contributed by atoms with E-state index in [-0.39, 0.29) is 42.3 Å². The summed E-state index contributed by atoms with van der Waals surface area (Å²) < 4.78 is 26.5. The number of carboxylic acids is 1. The Kier molecular flexibility index (Phi) is 5.92. The van der Waals surface area contributed by atoms with Crippen molar-refractivity contribution in [3.05, 3.63) is 18.2 Å². The van der Waals surface area contributed by atoms with E-state index in [1.165, 1.54) is 16.4 Å². The number of carboxylic acid groups (broad SMARTS) is 1. The second kappa shape index (κ2) is 7.63. The van der Waals surface area contributed by atoms with Crippen molar-refractivity contribution in [3.63, 3.8) is 0 Å². The topological polar surface area (TPSA) is 124 Å². The molecule has 0 saturated heterocycles. The molecule has 1 aliphatic rings. The molecule has 0 unspecified atom stereocenters. The molecule has 0 aliphatic heterocycles. The van der Waals surface area contributed by atoms with E-state index in [0.717, 1.165) is 6.07 Å². The smallest absolute Gasteiger partial charge is 0.319 e. The van der Waals surface area contributed by atoms with Gasteiger partial charge in [-0.2, -0.15) is 4.31 Å². The van der Waals surface area contributed by atoms with Crippen LogP contribution < -0.4 is 5.32 Å². The maximum atomic E-state index is 12.6. The van der Waals surface area contributed by atoms with E-state index in [4.69, 9.17) is 0 Å². The minimum atomic E-state index is -3.77. The number of phenols is 1. The van der Waals surface area contributed by atoms with Crippen molar-refractivity contribution in [2.24, 2.45) is 5.41 Å². The highest BCUT2D eigenvalue weighted by Gasteiger charge is 2.48. The van der Waals surface area contributed by atoms with Gasteiger partial charge in [-0.1, -0.05) is 26.7 Å². The molecule has 8 nitrogen and oxygen atoms in total. The minimum Gasteiger partial charge on any atom is -0.506 e. The Morgan fingerprint density at radius 1 is 1.19 bits per heavy atom. The number of anilines is 1. The molecule has 1 aromatic rings. The van der Waals surface area contributed by atoms with Crippen LogP contribution in [0.25, 0.3) is 0 Å². The molecule has 1 aliphatic carbocycles. The van der Waals surface area contributed by atoms with Gasteiger partial charge in [0.15, 0.2) is 0 Å².